The van der Waals surface area contributed by atoms with Gasteiger partial charge in [-0.3, -0.25) is 4.79 Å². The molecule has 1 amide bonds. The van der Waals surface area contributed by atoms with Crippen LogP contribution in [0.2, 0.25) is 0 Å². The van der Waals surface area contributed by atoms with Gasteiger partial charge in [-0.2, -0.15) is 0 Å². The molecule has 0 aliphatic carbocycles. The summed E-state index contributed by atoms with van der Waals surface area (Å²) in [4.78, 5) is 22.2. The molecule has 2 N–H and O–H groups in total. The summed E-state index contributed by atoms with van der Waals surface area (Å²) >= 11 is 7.08. The summed E-state index contributed by atoms with van der Waals surface area (Å²) in [6.45, 7) is 5.59. The number of para-hydroxylation sites is 2. The van der Waals surface area contributed by atoms with Crippen molar-refractivity contribution in [3.05, 3.63) is 64.5 Å². The fourth-order valence-corrected chi connectivity index (χ4v) is 5.60. The molecule has 4 rings (SSSR count). The van der Waals surface area contributed by atoms with Crippen LogP contribution in [0.15, 0.2) is 52.5 Å². The van der Waals surface area contributed by atoms with Crippen LogP contribution in [0.4, 0.5) is 11.4 Å². The second-order valence-electron chi connectivity index (χ2n) is 9.14. The number of nitrogens with one attached hydrogen (secondary N) is 2. The Morgan fingerprint density at radius 2 is 2.03 bits per heavy atom. The highest BCUT2D eigenvalue weighted by Crippen LogP contribution is 2.30. The molecule has 1 aliphatic heterocycles. The number of hydrogen-bond acceptors (Lipinski definition) is 6. The number of piperidine rings is 1. The highest BCUT2D eigenvalue weighted by molar-refractivity contribution is 7.80. The normalized spacial score (nSPS) is 14.3. The van der Waals surface area contributed by atoms with Crippen LogP contribution in [-0.2, 0) is 6.54 Å². The summed E-state index contributed by atoms with van der Waals surface area (Å²) in [6.07, 6.45) is 7.17. The lowest BCUT2D eigenvalue weighted by Gasteiger charge is -2.30. The first kappa shape index (κ1) is 26.2. The molecule has 1 aliphatic rings. The molecule has 192 valence electrons. The highest BCUT2D eigenvalue weighted by atomic mass is 32.1. The molecule has 1 aromatic carbocycles. The Labute approximate surface area is 222 Å². The quantitative estimate of drug-likeness (QED) is 0.321. The van der Waals surface area contributed by atoms with Gasteiger partial charge < -0.3 is 24.9 Å². The van der Waals surface area contributed by atoms with Crippen LogP contribution in [0, 0.1) is 0 Å². The topological polar surface area (TPSA) is 73.6 Å². The molecule has 1 unspecified atom stereocenters. The lowest BCUT2D eigenvalue weighted by Crippen LogP contribution is -2.37. The third-order valence-corrected chi connectivity index (χ3v) is 8.06. The lowest BCUT2D eigenvalue weighted by atomic mass is 10.0. The van der Waals surface area contributed by atoms with Crippen LogP contribution in [0.3, 0.4) is 0 Å². The predicted molar refractivity (Wildman–Crippen MR) is 151 cm³/mol. The average Bonchev–Trinajstić information content (AvgIpc) is 3.61. The Morgan fingerprint density at radius 3 is 2.78 bits per heavy atom. The molecule has 7 nitrogen and oxygen atoms in total. The van der Waals surface area contributed by atoms with Gasteiger partial charge in [-0.05, 0) is 68.6 Å². The van der Waals surface area contributed by atoms with Gasteiger partial charge >= 0.3 is 0 Å². The summed E-state index contributed by atoms with van der Waals surface area (Å²) in [5, 5.41) is 9.89. The smallest absolute Gasteiger partial charge is 0.275 e. The number of amides is 1. The number of thiazole rings is 1. The van der Waals surface area contributed by atoms with Crippen molar-refractivity contribution < 1.29 is 9.21 Å². The zero-order valence-electron chi connectivity index (χ0n) is 21.0. The minimum Gasteiger partial charge on any atom is -0.467 e. The van der Waals surface area contributed by atoms with Crippen LogP contribution in [-0.4, -0.2) is 47.6 Å². The molecule has 0 spiro atoms. The Kier molecular flexibility index (Phi) is 9.35. The van der Waals surface area contributed by atoms with Crippen molar-refractivity contribution in [3.8, 4) is 0 Å². The first-order chi connectivity index (χ1) is 17.5. The summed E-state index contributed by atoms with van der Waals surface area (Å²) in [6, 6.07) is 11.8. The standard InChI is InChI=1S/C27H35N5O2S2/c1-3-20(13-16-31(2)27(35)28-18-21-10-9-17-34-21)26-30-23(19-36-26)25(33)29-22-11-5-6-12-24(22)32-14-7-4-8-15-32/h5-6,9-12,17,19-20H,3-4,7-8,13-16,18H2,1-2H3,(H,28,35)(H,29,33). The second-order valence-corrected chi connectivity index (χ2v) is 10.4. The van der Waals surface area contributed by atoms with Crippen LogP contribution in [0.1, 0.15) is 66.2 Å². The van der Waals surface area contributed by atoms with E-state index in [2.05, 4.69) is 28.5 Å². The Morgan fingerprint density at radius 1 is 1.22 bits per heavy atom. The minimum absolute atomic E-state index is 0.155. The summed E-state index contributed by atoms with van der Waals surface area (Å²) in [5.74, 6) is 0.967. The Bertz CT molecular complexity index is 1120. The number of carbonyl (C=O) groups excluding carboxylic acids is 1. The van der Waals surface area contributed by atoms with Gasteiger partial charge in [0.2, 0.25) is 0 Å². The maximum atomic E-state index is 13.1. The number of thiocarbonyl (C=S) groups is 1. The van der Waals surface area contributed by atoms with E-state index >= 15 is 0 Å². The number of carbonyl (C=O) groups is 1. The van der Waals surface area contributed by atoms with Crippen LogP contribution in [0.5, 0.6) is 0 Å². The molecule has 3 heterocycles. The molecule has 1 fully saturated rings. The molecular formula is C27H35N5O2S2. The highest BCUT2D eigenvalue weighted by Gasteiger charge is 2.20. The molecule has 36 heavy (non-hydrogen) atoms. The predicted octanol–water partition coefficient (Wildman–Crippen LogP) is 5.87. The van der Waals surface area contributed by atoms with Crippen molar-refractivity contribution >= 4 is 45.9 Å². The molecule has 0 radical (unpaired) electrons. The van der Waals surface area contributed by atoms with Crippen molar-refractivity contribution in [2.45, 2.75) is 51.5 Å². The molecule has 0 bridgehead atoms. The van der Waals surface area contributed by atoms with Crippen molar-refractivity contribution in [3.63, 3.8) is 0 Å². The van der Waals surface area contributed by atoms with E-state index in [1.54, 1.807) is 17.6 Å². The first-order valence-electron chi connectivity index (χ1n) is 12.7. The maximum absolute atomic E-state index is 13.1. The van der Waals surface area contributed by atoms with E-state index in [9.17, 15) is 4.79 Å². The van der Waals surface area contributed by atoms with Gasteiger partial charge in [0.05, 0.1) is 29.2 Å². The molecule has 1 atom stereocenters. The van der Waals surface area contributed by atoms with Gasteiger partial charge in [0.25, 0.3) is 5.91 Å². The van der Waals surface area contributed by atoms with Gasteiger partial charge in [-0.25, -0.2) is 4.98 Å². The van der Waals surface area contributed by atoms with Gasteiger partial charge in [0.1, 0.15) is 11.5 Å². The Hall–Kier alpha value is -2.91. The molecule has 2 aromatic heterocycles. The average molecular weight is 526 g/mol. The third-order valence-electron chi connectivity index (χ3n) is 6.60. The Balaban J connectivity index is 1.32. The summed E-state index contributed by atoms with van der Waals surface area (Å²) < 4.78 is 5.35. The van der Waals surface area contributed by atoms with Gasteiger partial charge in [0, 0.05) is 38.0 Å². The number of anilines is 2. The van der Waals surface area contributed by atoms with E-state index in [0.29, 0.717) is 17.4 Å². The maximum Gasteiger partial charge on any atom is 0.275 e. The van der Waals surface area contributed by atoms with Crippen LogP contribution >= 0.6 is 23.6 Å². The van der Waals surface area contributed by atoms with E-state index in [1.165, 1.54) is 19.3 Å². The minimum atomic E-state index is -0.155. The fourth-order valence-electron chi connectivity index (χ4n) is 4.42. The third kappa shape index (κ3) is 6.85. The number of aromatic nitrogens is 1. The van der Waals surface area contributed by atoms with Gasteiger partial charge in [-0.1, -0.05) is 19.1 Å². The van der Waals surface area contributed by atoms with Gasteiger partial charge in [-0.15, -0.1) is 11.3 Å². The van der Waals surface area contributed by atoms with Crippen LogP contribution in [0.25, 0.3) is 0 Å². The van der Waals surface area contributed by atoms with E-state index in [-0.39, 0.29) is 11.8 Å². The number of furan rings is 1. The number of hydrogen-bond donors (Lipinski definition) is 2. The first-order valence-corrected chi connectivity index (χ1v) is 14.0. The van der Waals surface area contributed by atoms with Crippen molar-refractivity contribution in [2.75, 3.05) is 36.9 Å². The second kappa shape index (κ2) is 12.9. The zero-order chi connectivity index (χ0) is 25.3. The molecule has 3 aromatic rings. The summed E-state index contributed by atoms with van der Waals surface area (Å²) in [7, 11) is 1.99. The van der Waals surface area contributed by atoms with E-state index < -0.39 is 0 Å². The largest absolute Gasteiger partial charge is 0.467 e. The van der Waals surface area contributed by atoms with E-state index in [4.69, 9.17) is 21.6 Å². The van der Waals surface area contributed by atoms with Crippen molar-refractivity contribution in [1.29, 1.82) is 0 Å². The van der Waals surface area contributed by atoms with Crippen molar-refractivity contribution in [2.24, 2.45) is 0 Å². The molecule has 0 saturated carbocycles. The zero-order valence-corrected chi connectivity index (χ0v) is 22.7. The monoisotopic (exact) mass is 525 g/mol. The summed E-state index contributed by atoms with van der Waals surface area (Å²) in [5.41, 5.74) is 2.42. The van der Waals surface area contributed by atoms with Crippen LogP contribution < -0.4 is 15.5 Å². The number of benzene rings is 1. The number of nitrogens with zero attached hydrogens (tertiary/aromatic N) is 3. The van der Waals surface area contributed by atoms with Gasteiger partial charge in [0.15, 0.2) is 5.11 Å². The molecule has 9 heteroatoms. The van der Waals surface area contributed by atoms with E-state index in [1.807, 2.05) is 47.7 Å². The fraction of sp³-hybridized carbons (Fsp3) is 0.444. The molecule has 1 saturated heterocycles. The SMILES string of the molecule is CCC(CCN(C)C(=S)NCc1ccco1)c1nc(C(=O)Nc2ccccc2N2CCCCC2)cs1. The van der Waals surface area contributed by atoms with Crippen molar-refractivity contribution in [1.82, 2.24) is 15.2 Å². The lowest BCUT2D eigenvalue weighted by molar-refractivity contribution is 0.102. The molecular weight excluding hydrogens is 490 g/mol. The number of rotatable bonds is 10. The van der Waals surface area contributed by atoms with E-state index in [0.717, 1.165) is 54.6 Å².